The molecular formula is C11H16N2O3S. The van der Waals surface area contributed by atoms with Crippen LogP contribution in [0.3, 0.4) is 0 Å². The number of nitrogens with one attached hydrogen (secondary N) is 1. The van der Waals surface area contributed by atoms with Crippen LogP contribution in [0.25, 0.3) is 0 Å². The fraction of sp³-hybridized carbons (Fsp3) is 0.727. The maximum Gasteiger partial charge on any atom is 0.331 e. The molecule has 94 valence electrons. The minimum absolute atomic E-state index is 0.0524. The number of rotatable bonds is 2. The first-order valence-electron chi connectivity index (χ1n) is 5.90. The lowest BCUT2D eigenvalue weighted by Gasteiger charge is -2.37. The van der Waals surface area contributed by atoms with Gasteiger partial charge in [-0.05, 0) is 25.0 Å². The summed E-state index contributed by atoms with van der Waals surface area (Å²) in [6.45, 7) is 1.78. The first kappa shape index (κ1) is 12.4. The fourth-order valence-electron chi connectivity index (χ4n) is 2.27. The van der Waals surface area contributed by atoms with Crippen LogP contribution in [-0.2, 0) is 9.59 Å². The number of hydrogen-bond acceptors (Lipinski definition) is 4. The second kappa shape index (κ2) is 5.08. The molecule has 0 radical (unpaired) electrons. The smallest absolute Gasteiger partial charge is 0.277 e. The van der Waals surface area contributed by atoms with E-state index in [2.05, 4.69) is 5.32 Å². The van der Waals surface area contributed by atoms with Crippen molar-refractivity contribution in [3.05, 3.63) is 0 Å². The van der Waals surface area contributed by atoms with Crippen LogP contribution in [0.4, 0.5) is 4.79 Å². The van der Waals surface area contributed by atoms with Crippen molar-refractivity contribution in [2.45, 2.75) is 32.2 Å². The van der Waals surface area contributed by atoms with Gasteiger partial charge >= 0.3 is 6.03 Å². The van der Waals surface area contributed by atoms with Crippen LogP contribution in [0.15, 0.2) is 0 Å². The Kier molecular flexibility index (Phi) is 3.71. The van der Waals surface area contributed by atoms with Crippen LogP contribution >= 0.6 is 11.8 Å². The number of urea groups is 1. The standard InChI is InChI=1S/C11H16N2O3S/c1-2-8-9(14)12-11(16)13(10(8)15)7-4-3-5-17-6-7/h7-8H,2-6H2,1H3,(H,12,14,16). The van der Waals surface area contributed by atoms with E-state index in [1.807, 2.05) is 0 Å². The summed E-state index contributed by atoms with van der Waals surface area (Å²) >= 11 is 1.75. The Morgan fingerprint density at radius 2 is 2.18 bits per heavy atom. The molecule has 2 aliphatic heterocycles. The maximum absolute atomic E-state index is 12.1. The van der Waals surface area contributed by atoms with E-state index in [9.17, 15) is 14.4 Å². The number of carbonyl (C=O) groups is 3. The van der Waals surface area contributed by atoms with E-state index in [1.54, 1.807) is 18.7 Å². The normalized spacial score (nSPS) is 30.4. The monoisotopic (exact) mass is 256 g/mol. The largest absolute Gasteiger partial charge is 0.331 e. The lowest BCUT2D eigenvalue weighted by Crippen LogP contribution is -2.61. The summed E-state index contributed by atoms with van der Waals surface area (Å²) in [7, 11) is 0. The van der Waals surface area contributed by atoms with Crippen molar-refractivity contribution in [2.24, 2.45) is 5.92 Å². The van der Waals surface area contributed by atoms with Crippen LogP contribution in [0, 0.1) is 5.92 Å². The molecule has 1 N–H and O–H groups in total. The predicted octanol–water partition coefficient (Wildman–Crippen LogP) is 0.987. The number of imide groups is 2. The molecule has 2 atom stereocenters. The molecule has 0 aromatic rings. The maximum atomic E-state index is 12.1. The van der Waals surface area contributed by atoms with Gasteiger partial charge in [0.15, 0.2) is 0 Å². The molecule has 0 aromatic carbocycles. The van der Waals surface area contributed by atoms with E-state index in [4.69, 9.17) is 0 Å². The molecule has 0 aliphatic carbocycles. The molecule has 2 aliphatic rings. The average molecular weight is 256 g/mol. The van der Waals surface area contributed by atoms with Crippen LogP contribution < -0.4 is 5.32 Å². The van der Waals surface area contributed by atoms with Gasteiger partial charge in [0.1, 0.15) is 5.92 Å². The van der Waals surface area contributed by atoms with Crippen molar-refractivity contribution in [3.63, 3.8) is 0 Å². The highest BCUT2D eigenvalue weighted by Crippen LogP contribution is 2.25. The van der Waals surface area contributed by atoms with Crippen molar-refractivity contribution in [3.8, 4) is 0 Å². The van der Waals surface area contributed by atoms with Crippen LogP contribution in [0.2, 0.25) is 0 Å². The van der Waals surface area contributed by atoms with Crippen molar-refractivity contribution >= 4 is 29.6 Å². The van der Waals surface area contributed by atoms with Gasteiger partial charge in [-0.1, -0.05) is 6.92 Å². The van der Waals surface area contributed by atoms with Gasteiger partial charge in [-0.3, -0.25) is 19.8 Å². The van der Waals surface area contributed by atoms with E-state index in [0.29, 0.717) is 6.42 Å². The van der Waals surface area contributed by atoms with Crippen LogP contribution in [-0.4, -0.2) is 40.3 Å². The summed E-state index contributed by atoms with van der Waals surface area (Å²) in [6, 6.07) is -0.597. The van der Waals surface area contributed by atoms with Gasteiger partial charge in [0, 0.05) is 5.75 Å². The molecule has 4 amide bonds. The molecule has 2 fully saturated rings. The van der Waals surface area contributed by atoms with E-state index < -0.39 is 17.9 Å². The molecule has 2 saturated heterocycles. The number of hydrogen-bond donors (Lipinski definition) is 1. The molecule has 0 spiro atoms. The van der Waals surface area contributed by atoms with E-state index >= 15 is 0 Å². The van der Waals surface area contributed by atoms with Gasteiger partial charge in [-0.25, -0.2) is 4.79 Å². The van der Waals surface area contributed by atoms with E-state index in [-0.39, 0.29) is 11.9 Å². The second-order valence-electron chi connectivity index (χ2n) is 4.33. The van der Waals surface area contributed by atoms with Crippen molar-refractivity contribution in [2.75, 3.05) is 11.5 Å². The first-order chi connectivity index (χ1) is 8.15. The van der Waals surface area contributed by atoms with Crippen molar-refractivity contribution in [1.29, 1.82) is 0 Å². The Balaban J connectivity index is 2.16. The Morgan fingerprint density at radius 1 is 1.41 bits per heavy atom. The predicted molar refractivity (Wildman–Crippen MR) is 64.5 cm³/mol. The number of amides is 4. The molecule has 2 heterocycles. The van der Waals surface area contributed by atoms with Gasteiger partial charge in [0.2, 0.25) is 11.8 Å². The number of carbonyl (C=O) groups excluding carboxylic acids is 3. The van der Waals surface area contributed by atoms with Gasteiger partial charge in [0.05, 0.1) is 6.04 Å². The molecule has 17 heavy (non-hydrogen) atoms. The Morgan fingerprint density at radius 3 is 2.76 bits per heavy atom. The number of barbiturate groups is 1. The topological polar surface area (TPSA) is 66.5 Å². The SMILES string of the molecule is CCC1C(=O)NC(=O)N(C2CCCSC2)C1=O. The summed E-state index contributed by atoms with van der Waals surface area (Å²) in [5.74, 6) is 0.385. The minimum atomic E-state index is -0.695. The van der Waals surface area contributed by atoms with Gasteiger partial charge in [-0.15, -0.1) is 0 Å². The van der Waals surface area contributed by atoms with Crippen LogP contribution in [0.5, 0.6) is 0 Å². The Bertz CT molecular complexity index is 353. The quantitative estimate of drug-likeness (QED) is 0.748. The zero-order valence-corrected chi connectivity index (χ0v) is 10.6. The molecular weight excluding hydrogens is 240 g/mol. The average Bonchev–Trinajstić information content (AvgIpc) is 2.30. The summed E-state index contributed by atoms with van der Waals surface area (Å²) in [5.41, 5.74) is 0. The molecule has 2 unspecified atom stereocenters. The second-order valence-corrected chi connectivity index (χ2v) is 5.48. The Labute approximate surface area is 104 Å². The minimum Gasteiger partial charge on any atom is -0.277 e. The van der Waals surface area contributed by atoms with Gasteiger partial charge < -0.3 is 0 Å². The highest BCUT2D eigenvalue weighted by Gasteiger charge is 2.42. The zero-order valence-electron chi connectivity index (χ0n) is 9.77. The number of nitrogens with zero attached hydrogens (tertiary/aromatic N) is 1. The van der Waals surface area contributed by atoms with Gasteiger partial charge in [0.25, 0.3) is 0 Å². The lowest BCUT2D eigenvalue weighted by atomic mass is 10.00. The van der Waals surface area contributed by atoms with Crippen molar-refractivity contribution < 1.29 is 14.4 Å². The molecule has 2 rings (SSSR count). The first-order valence-corrected chi connectivity index (χ1v) is 7.06. The third kappa shape index (κ3) is 2.31. The highest BCUT2D eigenvalue weighted by atomic mass is 32.2. The molecule has 0 aromatic heterocycles. The summed E-state index contributed by atoms with van der Waals surface area (Å²) < 4.78 is 0. The van der Waals surface area contributed by atoms with E-state index in [0.717, 1.165) is 24.3 Å². The van der Waals surface area contributed by atoms with Crippen LogP contribution in [0.1, 0.15) is 26.2 Å². The summed E-state index contributed by atoms with van der Waals surface area (Å²) in [4.78, 5) is 36.6. The van der Waals surface area contributed by atoms with Crippen molar-refractivity contribution in [1.82, 2.24) is 10.2 Å². The molecule has 5 nitrogen and oxygen atoms in total. The third-order valence-electron chi connectivity index (χ3n) is 3.21. The molecule has 0 bridgehead atoms. The third-order valence-corrected chi connectivity index (χ3v) is 4.41. The highest BCUT2D eigenvalue weighted by molar-refractivity contribution is 7.99. The fourth-order valence-corrected chi connectivity index (χ4v) is 3.39. The summed E-state index contributed by atoms with van der Waals surface area (Å²) in [6.07, 6.45) is 2.29. The Hall–Kier alpha value is -1.04. The lowest BCUT2D eigenvalue weighted by molar-refractivity contribution is -0.144. The zero-order chi connectivity index (χ0) is 12.4. The summed E-state index contributed by atoms with van der Waals surface area (Å²) in [5, 5.41) is 2.28. The van der Waals surface area contributed by atoms with E-state index in [1.165, 1.54) is 4.90 Å². The molecule has 6 heteroatoms. The number of thioether (sulfide) groups is 1. The molecule has 0 saturated carbocycles. The van der Waals surface area contributed by atoms with Gasteiger partial charge in [-0.2, -0.15) is 11.8 Å².